The molecule has 1 saturated heterocycles. The Bertz CT molecular complexity index is 430. The largest absolute Gasteiger partial charge is 0.493 e. The topological polar surface area (TPSA) is 38.8 Å². The van der Waals surface area contributed by atoms with Gasteiger partial charge in [-0.1, -0.05) is 15.9 Å². The number of benzene rings is 1. The second kappa shape index (κ2) is 6.20. The summed E-state index contributed by atoms with van der Waals surface area (Å²) in [6.45, 7) is 4.93. The predicted molar refractivity (Wildman–Crippen MR) is 72.0 cm³/mol. The van der Waals surface area contributed by atoms with Crippen LogP contribution in [0.2, 0.25) is 0 Å². The van der Waals surface area contributed by atoms with E-state index in [0.29, 0.717) is 44.2 Å². The Morgan fingerprint density at radius 2 is 2.17 bits per heavy atom. The summed E-state index contributed by atoms with van der Waals surface area (Å²) in [5.74, 6) is 0.637. The van der Waals surface area contributed by atoms with Gasteiger partial charge in [-0.25, -0.2) is 0 Å². The number of carbonyl (C=O) groups is 1. The van der Waals surface area contributed by atoms with Crippen molar-refractivity contribution in [1.29, 1.82) is 0 Å². The van der Waals surface area contributed by atoms with Crippen molar-refractivity contribution in [3.63, 3.8) is 0 Å². The van der Waals surface area contributed by atoms with Crippen LogP contribution in [0.3, 0.4) is 0 Å². The highest BCUT2D eigenvalue weighted by Gasteiger charge is 2.21. The van der Waals surface area contributed by atoms with Crippen LogP contribution in [-0.4, -0.2) is 43.7 Å². The van der Waals surface area contributed by atoms with Gasteiger partial charge in [-0.3, -0.25) is 4.79 Å². The Hall–Kier alpha value is -1.07. The quantitative estimate of drug-likeness (QED) is 0.859. The molecule has 1 fully saturated rings. The normalized spacial score (nSPS) is 15.6. The minimum Gasteiger partial charge on any atom is -0.493 e. The van der Waals surface area contributed by atoms with Gasteiger partial charge < -0.3 is 14.4 Å². The summed E-state index contributed by atoms with van der Waals surface area (Å²) < 4.78 is 11.7. The van der Waals surface area contributed by atoms with Crippen LogP contribution in [0.25, 0.3) is 0 Å². The fourth-order valence-electron chi connectivity index (χ4n) is 1.88. The van der Waals surface area contributed by atoms with Crippen molar-refractivity contribution in [3.8, 4) is 5.75 Å². The van der Waals surface area contributed by atoms with E-state index in [1.165, 1.54) is 0 Å². The van der Waals surface area contributed by atoms with Crippen LogP contribution in [0.4, 0.5) is 0 Å². The number of ether oxygens (including phenoxy) is 2. The van der Waals surface area contributed by atoms with E-state index in [-0.39, 0.29) is 5.91 Å². The molecule has 4 nitrogen and oxygen atoms in total. The van der Waals surface area contributed by atoms with Gasteiger partial charge in [-0.2, -0.15) is 0 Å². The average Bonchev–Trinajstić information content (AvgIpc) is 2.40. The minimum absolute atomic E-state index is 0.00856. The molecule has 18 heavy (non-hydrogen) atoms. The molecule has 0 radical (unpaired) electrons. The van der Waals surface area contributed by atoms with Gasteiger partial charge in [0.25, 0.3) is 5.91 Å². The standard InChI is InChI=1S/C13H16BrNO3/c1-2-18-12-9-10(14)3-4-11(12)13(16)15-5-7-17-8-6-15/h3-4,9H,2,5-8H2,1H3. The Labute approximate surface area is 115 Å². The number of amides is 1. The predicted octanol–water partition coefficient (Wildman–Crippen LogP) is 2.32. The van der Waals surface area contributed by atoms with Gasteiger partial charge in [0.05, 0.1) is 25.4 Å². The van der Waals surface area contributed by atoms with Gasteiger partial charge in [-0.15, -0.1) is 0 Å². The molecule has 0 spiro atoms. The zero-order valence-electron chi connectivity index (χ0n) is 10.3. The molecule has 5 heteroatoms. The average molecular weight is 314 g/mol. The van der Waals surface area contributed by atoms with Gasteiger partial charge in [0.2, 0.25) is 0 Å². The third-order valence-electron chi connectivity index (χ3n) is 2.77. The number of morpholine rings is 1. The Morgan fingerprint density at radius 1 is 1.44 bits per heavy atom. The smallest absolute Gasteiger partial charge is 0.257 e. The summed E-state index contributed by atoms with van der Waals surface area (Å²) in [5, 5.41) is 0. The van der Waals surface area contributed by atoms with E-state index in [9.17, 15) is 4.79 Å². The molecule has 0 aromatic heterocycles. The van der Waals surface area contributed by atoms with Gasteiger partial charge in [-0.05, 0) is 25.1 Å². The third-order valence-corrected chi connectivity index (χ3v) is 3.27. The van der Waals surface area contributed by atoms with E-state index in [1.54, 1.807) is 11.0 Å². The van der Waals surface area contributed by atoms with E-state index >= 15 is 0 Å². The molecule has 1 aliphatic heterocycles. The molecule has 0 aliphatic carbocycles. The Kier molecular flexibility index (Phi) is 4.60. The summed E-state index contributed by atoms with van der Waals surface area (Å²) in [5.41, 5.74) is 0.613. The van der Waals surface area contributed by atoms with Crippen LogP contribution in [0.15, 0.2) is 22.7 Å². The van der Waals surface area contributed by atoms with Crippen molar-refractivity contribution in [2.45, 2.75) is 6.92 Å². The van der Waals surface area contributed by atoms with Crippen molar-refractivity contribution in [1.82, 2.24) is 4.90 Å². The van der Waals surface area contributed by atoms with E-state index in [2.05, 4.69) is 15.9 Å². The van der Waals surface area contributed by atoms with Crippen LogP contribution in [0.5, 0.6) is 5.75 Å². The molecule has 0 saturated carbocycles. The van der Waals surface area contributed by atoms with Crippen LogP contribution < -0.4 is 4.74 Å². The molecule has 1 amide bonds. The highest BCUT2D eigenvalue weighted by Crippen LogP contribution is 2.25. The van der Waals surface area contributed by atoms with Crippen LogP contribution in [0, 0.1) is 0 Å². The first-order valence-electron chi connectivity index (χ1n) is 6.01. The maximum absolute atomic E-state index is 12.4. The molecule has 2 rings (SSSR count). The summed E-state index contributed by atoms with van der Waals surface area (Å²) in [4.78, 5) is 14.2. The van der Waals surface area contributed by atoms with Crippen molar-refractivity contribution in [2.75, 3.05) is 32.9 Å². The number of nitrogens with zero attached hydrogens (tertiary/aromatic N) is 1. The first-order valence-corrected chi connectivity index (χ1v) is 6.81. The van der Waals surface area contributed by atoms with Gasteiger partial charge in [0.15, 0.2) is 0 Å². The lowest BCUT2D eigenvalue weighted by Gasteiger charge is -2.27. The van der Waals surface area contributed by atoms with E-state index in [4.69, 9.17) is 9.47 Å². The molecule has 98 valence electrons. The van der Waals surface area contributed by atoms with Crippen LogP contribution in [-0.2, 0) is 4.74 Å². The van der Waals surface area contributed by atoms with E-state index in [0.717, 1.165) is 4.47 Å². The Balaban J connectivity index is 2.22. The van der Waals surface area contributed by atoms with Crippen molar-refractivity contribution in [3.05, 3.63) is 28.2 Å². The van der Waals surface area contributed by atoms with Crippen LogP contribution in [0.1, 0.15) is 17.3 Å². The number of carbonyl (C=O) groups excluding carboxylic acids is 1. The third kappa shape index (κ3) is 3.03. The zero-order valence-corrected chi connectivity index (χ0v) is 11.9. The highest BCUT2D eigenvalue weighted by atomic mass is 79.9. The first kappa shape index (κ1) is 13.4. The van der Waals surface area contributed by atoms with Crippen molar-refractivity contribution >= 4 is 21.8 Å². The fraction of sp³-hybridized carbons (Fsp3) is 0.462. The second-order valence-electron chi connectivity index (χ2n) is 3.98. The zero-order chi connectivity index (χ0) is 13.0. The maximum Gasteiger partial charge on any atom is 0.257 e. The van der Waals surface area contributed by atoms with E-state index in [1.807, 2.05) is 19.1 Å². The monoisotopic (exact) mass is 313 g/mol. The van der Waals surface area contributed by atoms with Gasteiger partial charge in [0, 0.05) is 17.6 Å². The van der Waals surface area contributed by atoms with Crippen LogP contribution >= 0.6 is 15.9 Å². The summed E-state index contributed by atoms with van der Waals surface area (Å²) in [6, 6.07) is 5.49. The summed E-state index contributed by atoms with van der Waals surface area (Å²) >= 11 is 3.39. The molecule has 1 aliphatic rings. The lowest BCUT2D eigenvalue weighted by Crippen LogP contribution is -2.40. The number of hydrogen-bond acceptors (Lipinski definition) is 3. The molecule has 1 heterocycles. The molecule has 0 bridgehead atoms. The lowest BCUT2D eigenvalue weighted by molar-refractivity contribution is 0.0300. The molecule has 0 unspecified atom stereocenters. The fourth-order valence-corrected chi connectivity index (χ4v) is 2.22. The highest BCUT2D eigenvalue weighted by molar-refractivity contribution is 9.10. The molecule has 0 atom stereocenters. The summed E-state index contributed by atoms with van der Waals surface area (Å²) in [6.07, 6.45) is 0. The Morgan fingerprint density at radius 3 is 2.83 bits per heavy atom. The van der Waals surface area contributed by atoms with Gasteiger partial charge in [0.1, 0.15) is 5.75 Å². The summed E-state index contributed by atoms with van der Waals surface area (Å²) in [7, 11) is 0. The maximum atomic E-state index is 12.4. The minimum atomic E-state index is 0.00856. The molecule has 0 N–H and O–H groups in total. The lowest BCUT2D eigenvalue weighted by atomic mass is 10.1. The van der Waals surface area contributed by atoms with Gasteiger partial charge >= 0.3 is 0 Å². The molecule has 1 aromatic rings. The SMILES string of the molecule is CCOc1cc(Br)ccc1C(=O)N1CCOCC1. The van der Waals surface area contributed by atoms with E-state index < -0.39 is 0 Å². The number of rotatable bonds is 3. The van der Waals surface area contributed by atoms with Crippen molar-refractivity contribution < 1.29 is 14.3 Å². The molecular weight excluding hydrogens is 298 g/mol. The first-order chi connectivity index (χ1) is 8.72. The number of halogens is 1. The number of hydrogen-bond donors (Lipinski definition) is 0. The molecule has 1 aromatic carbocycles. The second-order valence-corrected chi connectivity index (χ2v) is 4.89. The van der Waals surface area contributed by atoms with Crippen molar-refractivity contribution in [2.24, 2.45) is 0 Å². The molecular formula is C13H16BrNO3.